The number of rotatable bonds is 3. The zero-order chi connectivity index (χ0) is 13.1. The number of anilines is 3. The highest BCUT2D eigenvalue weighted by Gasteiger charge is 2.07. The lowest BCUT2D eigenvalue weighted by Crippen LogP contribution is -1.98. The first-order valence-corrected chi connectivity index (χ1v) is 5.63. The number of ether oxygens (including phenoxy) is 1. The van der Waals surface area contributed by atoms with Crippen LogP contribution < -0.4 is 15.8 Å². The minimum absolute atomic E-state index is 0.360. The Morgan fingerprint density at radius 2 is 1.89 bits per heavy atom. The standard InChI is InChI=1S/C13H12ClFN2O/c1-18-13-7-9(15)3-5-12(13)17-11-4-2-8(14)6-10(11)16/h2-7,17H,16H2,1H3. The number of hydrogen-bond donors (Lipinski definition) is 2. The normalized spacial score (nSPS) is 10.2. The Morgan fingerprint density at radius 3 is 2.56 bits per heavy atom. The van der Waals surface area contributed by atoms with Crippen LogP contribution in [-0.2, 0) is 0 Å². The molecule has 5 heteroatoms. The molecule has 2 aromatic rings. The second-order valence-electron chi connectivity index (χ2n) is 3.70. The smallest absolute Gasteiger partial charge is 0.145 e. The molecule has 2 rings (SSSR count). The first-order chi connectivity index (χ1) is 8.60. The molecule has 3 N–H and O–H groups in total. The molecule has 0 aliphatic heterocycles. The second-order valence-corrected chi connectivity index (χ2v) is 4.14. The van der Waals surface area contributed by atoms with Crippen LogP contribution in [0.5, 0.6) is 5.75 Å². The first kappa shape index (κ1) is 12.5. The zero-order valence-corrected chi connectivity index (χ0v) is 10.5. The molecule has 0 bridgehead atoms. The van der Waals surface area contributed by atoms with E-state index in [0.29, 0.717) is 27.8 Å². The number of halogens is 2. The van der Waals surface area contributed by atoms with Gasteiger partial charge in [-0.25, -0.2) is 4.39 Å². The third-order valence-corrected chi connectivity index (χ3v) is 2.68. The van der Waals surface area contributed by atoms with Crippen LogP contribution in [0.25, 0.3) is 0 Å². The topological polar surface area (TPSA) is 47.3 Å². The minimum Gasteiger partial charge on any atom is -0.494 e. The number of hydrogen-bond acceptors (Lipinski definition) is 3. The maximum atomic E-state index is 13.1. The van der Waals surface area contributed by atoms with Gasteiger partial charge in [0, 0.05) is 11.1 Å². The Morgan fingerprint density at radius 1 is 1.17 bits per heavy atom. The molecule has 94 valence electrons. The van der Waals surface area contributed by atoms with Gasteiger partial charge in [0.05, 0.1) is 24.2 Å². The van der Waals surface area contributed by atoms with Crippen LogP contribution in [-0.4, -0.2) is 7.11 Å². The maximum absolute atomic E-state index is 13.1. The van der Waals surface area contributed by atoms with Crippen LogP contribution in [0.2, 0.25) is 5.02 Å². The third kappa shape index (κ3) is 2.65. The summed E-state index contributed by atoms with van der Waals surface area (Å²) in [7, 11) is 1.48. The molecule has 0 amide bonds. The number of nitrogen functional groups attached to an aromatic ring is 1. The van der Waals surface area contributed by atoms with Crippen LogP contribution in [0.15, 0.2) is 36.4 Å². The van der Waals surface area contributed by atoms with Crippen molar-refractivity contribution in [3.63, 3.8) is 0 Å². The molecule has 0 spiro atoms. The van der Waals surface area contributed by atoms with Gasteiger partial charge in [0.25, 0.3) is 0 Å². The van der Waals surface area contributed by atoms with Gasteiger partial charge < -0.3 is 15.8 Å². The van der Waals surface area contributed by atoms with E-state index < -0.39 is 0 Å². The summed E-state index contributed by atoms with van der Waals surface area (Å²) in [4.78, 5) is 0. The molecule has 0 fully saturated rings. The second kappa shape index (κ2) is 5.14. The average Bonchev–Trinajstić information content (AvgIpc) is 2.34. The van der Waals surface area contributed by atoms with Gasteiger partial charge in [-0.15, -0.1) is 0 Å². The molecule has 3 nitrogen and oxygen atoms in total. The molecular weight excluding hydrogens is 255 g/mol. The molecule has 0 heterocycles. The number of benzene rings is 2. The van der Waals surface area contributed by atoms with Crippen molar-refractivity contribution in [1.29, 1.82) is 0 Å². The van der Waals surface area contributed by atoms with E-state index in [0.717, 1.165) is 0 Å². The Bertz CT molecular complexity index is 575. The van der Waals surface area contributed by atoms with E-state index in [-0.39, 0.29) is 5.82 Å². The molecular formula is C13H12ClFN2O. The van der Waals surface area contributed by atoms with E-state index in [4.69, 9.17) is 22.1 Å². The van der Waals surface area contributed by atoms with E-state index in [1.165, 1.54) is 19.2 Å². The van der Waals surface area contributed by atoms with Gasteiger partial charge in [0.1, 0.15) is 11.6 Å². The predicted molar refractivity (Wildman–Crippen MR) is 72.1 cm³/mol. The largest absolute Gasteiger partial charge is 0.494 e. The fraction of sp³-hybridized carbons (Fsp3) is 0.0769. The summed E-state index contributed by atoms with van der Waals surface area (Å²) in [6, 6.07) is 9.34. The van der Waals surface area contributed by atoms with Crippen LogP contribution in [0.3, 0.4) is 0 Å². The molecule has 0 saturated carbocycles. The van der Waals surface area contributed by atoms with Crippen molar-refractivity contribution in [2.24, 2.45) is 0 Å². The van der Waals surface area contributed by atoms with E-state index in [9.17, 15) is 4.39 Å². The van der Waals surface area contributed by atoms with Gasteiger partial charge in [0.2, 0.25) is 0 Å². The van der Waals surface area contributed by atoms with Crippen molar-refractivity contribution in [3.8, 4) is 5.75 Å². The van der Waals surface area contributed by atoms with Gasteiger partial charge in [-0.2, -0.15) is 0 Å². The molecule has 0 radical (unpaired) electrons. The number of nitrogens with two attached hydrogens (primary N) is 1. The van der Waals surface area contributed by atoms with Crippen LogP contribution in [0.1, 0.15) is 0 Å². The van der Waals surface area contributed by atoms with E-state index >= 15 is 0 Å². The molecule has 0 unspecified atom stereocenters. The van der Waals surface area contributed by atoms with Crippen molar-refractivity contribution in [3.05, 3.63) is 47.2 Å². The summed E-state index contributed by atoms with van der Waals surface area (Å²) >= 11 is 5.82. The quantitative estimate of drug-likeness (QED) is 0.831. The van der Waals surface area contributed by atoms with E-state index in [1.807, 2.05) is 0 Å². The van der Waals surface area contributed by atoms with Crippen LogP contribution >= 0.6 is 11.6 Å². The fourth-order valence-electron chi connectivity index (χ4n) is 1.56. The Kier molecular flexibility index (Phi) is 3.58. The summed E-state index contributed by atoms with van der Waals surface area (Å²) in [6.07, 6.45) is 0. The third-order valence-electron chi connectivity index (χ3n) is 2.45. The maximum Gasteiger partial charge on any atom is 0.145 e. The molecule has 0 saturated heterocycles. The molecule has 0 atom stereocenters. The fourth-order valence-corrected chi connectivity index (χ4v) is 1.74. The number of nitrogens with one attached hydrogen (secondary N) is 1. The zero-order valence-electron chi connectivity index (χ0n) is 9.71. The van der Waals surface area contributed by atoms with Gasteiger partial charge >= 0.3 is 0 Å². The van der Waals surface area contributed by atoms with Crippen LogP contribution in [0.4, 0.5) is 21.5 Å². The lowest BCUT2D eigenvalue weighted by atomic mass is 10.2. The summed E-state index contributed by atoms with van der Waals surface area (Å²) in [6.45, 7) is 0. The van der Waals surface area contributed by atoms with Crippen molar-refractivity contribution in [1.82, 2.24) is 0 Å². The first-order valence-electron chi connectivity index (χ1n) is 5.26. The molecule has 18 heavy (non-hydrogen) atoms. The minimum atomic E-state index is -0.360. The van der Waals surface area contributed by atoms with Crippen molar-refractivity contribution in [2.45, 2.75) is 0 Å². The molecule has 0 aliphatic rings. The summed E-state index contributed by atoms with van der Waals surface area (Å²) in [5.74, 6) is 0.0471. The molecule has 2 aromatic carbocycles. The Labute approximate surface area is 109 Å². The molecule has 0 aromatic heterocycles. The van der Waals surface area contributed by atoms with Gasteiger partial charge in [0.15, 0.2) is 0 Å². The van der Waals surface area contributed by atoms with E-state index in [1.54, 1.807) is 24.3 Å². The highest BCUT2D eigenvalue weighted by molar-refractivity contribution is 6.31. The van der Waals surface area contributed by atoms with Crippen molar-refractivity contribution >= 4 is 28.7 Å². The SMILES string of the molecule is COc1cc(F)ccc1Nc1ccc(Cl)cc1N. The average molecular weight is 267 g/mol. The summed E-state index contributed by atoms with van der Waals surface area (Å²) < 4.78 is 18.1. The lowest BCUT2D eigenvalue weighted by molar-refractivity contribution is 0.413. The van der Waals surface area contributed by atoms with Crippen molar-refractivity contribution in [2.75, 3.05) is 18.2 Å². The van der Waals surface area contributed by atoms with Gasteiger partial charge in [-0.1, -0.05) is 11.6 Å². The summed E-state index contributed by atoms with van der Waals surface area (Å²) in [5.41, 5.74) is 7.65. The highest BCUT2D eigenvalue weighted by atomic mass is 35.5. The predicted octanol–water partition coefficient (Wildman–Crippen LogP) is 3.81. The Hall–Kier alpha value is -1.94. The van der Waals surface area contributed by atoms with Gasteiger partial charge in [-0.05, 0) is 30.3 Å². The lowest BCUT2D eigenvalue weighted by Gasteiger charge is -2.13. The summed E-state index contributed by atoms with van der Waals surface area (Å²) in [5, 5.41) is 3.63. The number of methoxy groups -OCH3 is 1. The highest BCUT2D eigenvalue weighted by Crippen LogP contribution is 2.31. The van der Waals surface area contributed by atoms with Gasteiger partial charge in [-0.3, -0.25) is 0 Å². The monoisotopic (exact) mass is 266 g/mol. The van der Waals surface area contributed by atoms with E-state index in [2.05, 4.69) is 5.32 Å². The van der Waals surface area contributed by atoms with Crippen LogP contribution in [0, 0.1) is 5.82 Å². The Balaban J connectivity index is 2.33. The van der Waals surface area contributed by atoms with Crippen molar-refractivity contribution < 1.29 is 9.13 Å². The molecule has 0 aliphatic carbocycles.